The summed E-state index contributed by atoms with van der Waals surface area (Å²) in [6.07, 6.45) is 1.26. The van der Waals surface area contributed by atoms with Crippen molar-refractivity contribution in [3.63, 3.8) is 0 Å². The number of aliphatic carboxylic acids is 1. The van der Waals surface area contributed by atoms with Crippen LogP contribution in [0.5, 0.6) is 0 Å². The lowest BCUT2D eigenvalue weighted by Crippen LogP contribution is -2.53. The Bertz CT molecular complexity index is 477. The van der Waals surface area contributed by atoms with Crippen molar-refractivity contribution in [2.24, 2.45) is 0 Å². The number of hydrogen-bond acceptors (Lipinski definition) is 5. The van der Waals surface area contributed by atoms with E-state index in [-0.39, 0.29) is 11.7 Å². The molecule has 1 atom stereocenters. The minimum atomic E-state index is -0.842. The topological polar surface area (TPSA) is 86.9 Å². The number of carboxylic acids is 1. The molecule has 1 aromatic heterocycles. The number of rotatable bonds is 3. The Labute approximate surface area is 110 Å². The van der Waals surface area contributed by atoms with E-state index in [0.717, 1.165) is 0 Å². The molecule has 7 nitrogen and oxygen atoms in total. The minimum Gasteiger partial charge on any atom is -0.480 e. The van der Waals surface area contributed by atoms with Gasteiger partial charge in [-0.25, -0.2) is 4.98 Å². The van der Waals surface area contributed by atoms with E-state index < -0.39 is 12.0 Å². The van der Waals surface area contributed by atoms with E-state index in [9.17, 15) is 9.59 Å². The van der Waals surface area contributed by atoms with Gasteiger partial charge in [0.2, 0.25) is 5.76 Å². The minimum absolute atomic E-state index is 0.183. The number of carbonyl (C=O) groups excluding carboxylic acids is 1. The Hall–Kier alpha value is -1.89. The monoisotopic (exact) mass is 267 g/mol. The van der Waals surface area contributed by atoms with Crippen LogP contribution in [0.1, 0.15) is 23.2 Å². The summed E-state index contributed by atoms with van der Waals surface area (Å²) in [6.45, 7) is 5.46. The molecule has 1 N–H and O–H groups in total. The Morgan fingerprint density at radius 2 is 2.00 bits per heavy atom. The molecular weight excluding hydrogens is 250 g/mol. The van der Waals surface area contributed by atoms with Crippen LogP contribution in [0.2, 0.25) is 0 Å². The summed E-state index contributed by atoms with van der Waals surface area (Å²) >= 11 is 0. The van der Waals surface area contributed by atoms with Gasteiger partial charge in [-0.1, -0.05) is 0 Å². The molecule has 0 spiro atoms. The third-order valence-corrected chi connectivity index (χ3v) is 3.45. The van der Waals surface area contributed by atoms with Crippen LogP contribution < -0.4 is 0 Å². The van der Waals surface area contributed by atoms with Crippen LogP contribution in [0.3, 0.4) is 0 Å². The van der Waals surface area contributed by atoms with E-state index in [4.69, 9.17) is 9.52 Å². The van der Waals surface area contributed by atoms with E-state index in [2.05, 4.69) is 4.98 Å². The number of carbonyl (C=O) groups is 2. The lowest BCUT2D eigenvalue weighted by atomic mass is 10.2. The van der Waals surface area contributed by atoms with Gasteiger partial charge < -0.3 is 14.4 Å². The maximum atomic E-state index is 12.1. The van der Waals surface area contributed by atoms with Crippen molar-refractivity contribution in [2.45, 2.75) is 19.9 Å². The average Bonchev–Trinajstić information content (AvgIpc) is 2.83. The highest BCUT2D eigenvalue weighted by atomic mass is 16.4. The summed E-state index contributed by atoms with van der Waals surface area (Å²) in [7, 11) is 0. The molecule has 1 aliphatic rings. The molecule has 0 aromatic carbocycles. The Kier molecular flexibility index (Phi) is 3.84. The summed E-state index contributed by atoms with van der Waals surface area (Å²) in [5.74, 6) is -0.761. The number of nitrogens with zero attached hydrogens (tertiary/aromatic N) is 3. The Morgan fingerprint density at radius 1 is 1.37 bits per heavy atom. The van der Waals surface area contributed by atoms with Crippen molar-refractivity contribution in [1.82, 2.24) is 14.8 Å². The van der Waals surface area contributed by atoms with Gasteiger partial charge in [0.1, 0.15) is 6.04 Å². The molecule has 1 unspecified atom stereocenters. The molecule has 19 heavy (non-hydrogen) atoms. The van der Waals surface area contributed by atoms with Gasteiger partial charge in [-0.3, -0.25) is 14.5 Å². The zero-order valence-electron chi connectivity index (χ0n) is 11.0. The summed E-state index contributed by atoms with van der Waals surface area (Å²) in [6, 6.07) is -0.524. The smallest absolute Gasteiger partial charge is 0.320 e. The first kappa shape index (κ1) is 13.5. The average molecular weight is 267 g/mol. The fourth-order valence-corrected chi connectivity index (χ4v) is 2.12. The third kappa shape index (κ3) is 2.76. The summed E-state index contributed by atoms with van der Waals surface area (Å²) in [4.78, 5) is 30.5. The normalized spacial score (nSPS) is 18.3. The maximum Gasteiger partial charge on any atom is 0.320 e. The number of aryl methyl sites for hydroxylation is 1. The first-order valence-corrected chi connectivity index (χ1v) is 6.17. The number of oxazole rings is 1. The van der Waals surface area contributed by atoms with Gasteiger partial charge in [-0.05, 0) is 13.8 Å². The fourth-order valence-electron chi connectivity index (χ4n) is 2.12. The molecule has 2 rings (SSSR count). The lowest BCUT2D eigenvalue weighted by Gasteiger charge is -2.36. The Balaban J connectivity index is 1.95. The predicted molar refractivity (Wildman–Crippen MR) is 65.8 cm³/mol. The number of hydrogen-bond donors (Lipinski definition) is 1. The molecule has 1 aromatic rings. The molecular formula is C12H17N3O4. The van der Waals surface area contributed by atoms with Gasteiger partial charge in [0.15, 0.2) is 6.39 Å². The second-order valence-corrected chi connectivity index (χ2v) is 4.61. The van der Waals surface area contributed by atoms with Crippen LogP contribution in [0.4, 0.5) is 0 Å². The van der Waals surface area contributed by atoms with Gasteiger partial charge in [0.25, 0.3) is 5.91 Å². The van der Waals surface area contributed by atoms with Crippen LogP contribution in [0, 0.1) is 6.92 Å². The first-order chi connectivity index (χ1) is 9.00. The third-order valence-electron chi connectivity index (χ3n) is 3.45. The standard InChI is InChI=1S/C12H17N3O4/c1-8-10(19-7-13-8)11(16)15-5-3-14(4-6-15)9(2)12(17)18/h7,9H,3-6H2,1-2H3,(H,17,18). The van der Waals surface area contributed by atoms with Crippen LogP contribution >= 0.6 is 0 Å². The van der Waals surface area contributed by atoms with Crippen LogP contribution in [-0.4, -0.2) is 64.0 Å². The number of amides is 1. The van der Waals surface area contributed by atoms with Crippen molar-refractivity contribution in [3.8, 4) is 0 Å². The van der Waals surface area contributed by atoms with Gasteiger partial charge >= 0.3 is 5.97 Å². The molecule has 104 valence electrons. The van der Waals surface area contributed by atoms with Gasteiger partial charge in [0.05, 0.1) is 5.69 Å². The number of aromatic nitrogens is 1. The van der Waals surface area contributed by atoms with Crippen molar-refractivity contribution < 1.29 is 19.1 Å². The molecule has 2 heterocycles. The van der Waals surface area contributed by atoms with Crippen molar-refractivity contribution in [2.75, 3.05) is 26.2 Å². The highest BCUT2D eigenvalue weighted by Crippen LogP contribution is 2.13. The number of carboxylic acid groups (broad SMARTS) is 1. The summed E-state index contributed by atoms with van der Waals surface area (Å²) in [5, 5.41) is 8.95. The Morgan fingerprint density at radius 3 is 2.47 bits per heavy atom. The van der Waals surface area contributed by atoms with Crippen LogP contribution in [0.25, 0.3) is 0 Å². The zero-order chi connectivity index (χ0) is 14.0. The van der Waals surface area contributed by atoms with E-state index in [1.807, 2.05) is 4.90 Å². The van der Waals surface area contributed by atoms with Crippen molar-refractivity contribution in [1.29, 1.82) is 0 Å². The molecule has 0 saturated carbocycles. The van der Waals surface area contributed by atoms with E-state index in [0.29, 0.717) is 31.9 Å². The second-order valence-electron chi connectivity index (χ2n) is 4.61. The first-order valence-electron chi connectivity index (χ1n) is 6.17. The summed E-state index contributed by atoms with van der Waals surface area (Å²) in [5.41, 5.74) is 0.575. The molecule has 1 amide bonds. The van der Waals surface area contributed by atoms with Crippen molar-refractivity contribution in [3.05, 3.63) is 17.8 Å². The summed E-state index contributed by atoms with van der Waals surface area (Å²) < 4.78 is 5.08. The quantitative estimate of drug-likeness (QED) is 0.842. The van der Waals surface area contributed by atoms with Gasteiger partial charge in [0, 0.05) is 26.2 Å². The number of piperazine rings is 1. The molecule has 1 aliphatic heterocycles. The largest absolute Gasteiger partial charge is 0.480 e. The molecule has 1 saturated heterocycles. The van der Waals surface area contributed by atoms with E-state index in [1.165, 1.54) is 6.39 Å². The van der Waals surface area contributed by atoms with Gasteiger partial charge in [-0.2, -0.15) is 0 Å². The lowest BCUT2D eigenvalue weighted by molar-refractivity contribution is -0.143. The molecule has 0 radical (unpaired) electrons. The molecule has 7 heteroatoms. The molecule has 0 bridgehead atoms. The SMILES string of the molecule is Cc1ncoc1C(=O)N1CCN(C(C)C(=O)O)CC1. The fraction of sp³-hybridized carbons (Fsp3) is 0.583. The maximum absolute atomic E-state index is 12.1. The van der Waals surface area contributed by atoms with Crippen LogP contribution in [-0.2, 0) is 4.79 Å². The molecule has 0 aliphatic carbocycles. The van der Waals surface area contributed by atoms with Crippen molar-refractivity contribution >= 4 is 11.9 Å². The van der Waals surface area contributed by atoms with E-state index in [1.54, 1.807) is 18.7 Å². The second kappa shape index (κ2) is 5.40. The predicted octanol–water partition coefficient (Wildman–Crippen LogP) is 0.214. The highest BCUT2D eigenvalue weighted by molar-refractivity contribution is 5.92. The zero-order valence-corrected chi connectivity index (χ0v) is 11.0. The molecule has 1 fully saturated rings. The van der Waals surface area contributed by atoms with Gasteiger partial charge in [-0.15, -0.1) is 0 Å². The highest BCUT2D eigenvalue weighted by Gasteiger charge is 2.29. The van der Waals surface area contributed by atoms with Crippen LogP contribution in [0.15, 0.2) is 10.8 Å². The van der Waals surface area contributed by atoms with E-state index >= 15 is 0 Å².